The second-order valence-electron chi connectivity index (χ2n) is 7.16. The van der Waals surface area contributed by atoms with E-state index in [1.165, 1.54) is 31.2 Å². The molecule has 3 aromatic rings. The Morgan fingerprint density at radius 3 is 2.09 bits per heavy atom. The van der Waals surface area contributed by atoms with Crippen LogP contribution in [0.4, 0.5) is 0 Å². The van der Waals surface area contributed by atoms with Gasteiger partial charge in [0, 0.05) is 22.7 Å². The molecule has 0 fully saturated rings. The molecule has 0 heterocycles. The van der Waals surface area contributed by atoms with E-state index in [1.807, 2.05) is 0 Å². The van der Waals surface area contributed by atoms with Crippen LogP contribution >= 0.6 is 11.6 Å². The summed E-state index contributed by atoms with van der Waals surface area (Å²) in [5.74, 6) is 0.271. The number of carbonyl (C=O) groups excluding carboxylic acids is 2. The van der Waals surface area contributed by atoms with Crippen LogP contribution in [0.15, 0.2) is 77.7 Å². The van der Waals surface area contributed by atoms with Crippen LogP contribution in [0.3, 0.4) is 0 Å². The molecule has 0 atom stereocenters. The predicted molar refractivity (Wildman–Crippen MR) is 126 cm³/mol. The molecule has 7 nitrogen and oxygen atoms in total. The first-order valence-electron chi connectivity index (χ1n) is 10.1. The van der Waals surface area contributed by atoms with Crippen LogP contribution in [-0.4, -0.2) is 33.3 Å². The number of hydrogen-bond acceptors (Lipinski definition) is 5. The number of ether oxygens (including phenoxy) is 1. The molecule has 0 aliphatic rings. The van der Waals surface area contributed by atoms with E-state index in [0.717, 1.165) is 0 Å². The number of Topliss-reactive ketones (excluding diaryl/α,β-unsaturated/α-hetero) is 1. The van der Waals surface area contributed by atoms with Gasteiger partial charge in [-0.25, -0.2) is 13.1 Å². The maximum absolute atomic E-state index is 12.4. The highest BCUT2D eigenvalue weighted by Gasteiger charge is 2.14. The smallest absolute Gasteiger partial charge is 0.251 e. The van der Waals surface area contributed by atoms with E-state index in [2.05, 4.69) is 10.0 Å². The Labute approximate surface area is 197 Å². The van der Waals surface area contributed by atoms with Gasteiger partial charge in [-0.2, -0.15) is 0 Å². The second kappa shape index (κ2) is 11.1. The quantitative estimate of drug-likeness (QED) is 0.335. The van der Waals surface area contributed by atoms with Crippen molar-refractivity contribution in [2.45, 2.75) is 18.4 Å². The number of amides is 1. The van der Waals surface area contributed by atoms with Crippen LogP contribution < -0.4 is 14.8 Å². The van der Waals surface area contributed by atoms with E-state index in [9.17, 15) is 18.0 Å². The number of benzene rings is 3. The first-order valence-corrected chi connectivity index (χ1v) is 12.0. The third kappa shape index (κ3) is 7.15. The maximum Gasteiger partial charge on any atom is 0.251 e. The molecular weight excluding hydrogens is 464 g/mol. The average molecular weight is 487 g/mol. The van der Waals surface area contributed by atoms with Crippen LogP contribution in [0.1, 0.15) is 33.2 Å². The molecule has 0 aliphatic heterocycles. The number of ketones is 1. The molecule has 9 heteroatoms. The summed E-state index contributed by atoms with van der Waals surface area (Å²) in [5, 5.41) is 3.39. The summed E-state index contributed by atoms with van der Waals surface area (Å²) in [7, 11) is -3.73. The van der Waals surface area contributed by atoms with Crippen LogP contribution in [0, 0.1) is 0 Å². The lowest BCUT2D eigenvalue weighted by molar-refractivity contribution is 0.0946. The van der Waals surface area contributed by atoms with E-state index in [0.29, 0.717) is 40.6 Å². The highest BCUT2D eigenvalue weighted by Crippen LogP contribution is 2.15. The van der Waals surface area contributed by atoms with Crippen molar-refractivity contribution >= 4 is 33.3 Å². The number of sulfonamides is 1. The molecule has 0 saturated heterocycles. The highest BCUT2D eigenvalue weighted by atomic mass is 35.5. The Balaban J connectivity index is 1.47. The lowest BCUT2D eigenvalue weighted by atomic mass is 10.1. The van der Waals surface area contributed by atoms with E-state index >= 15 is 0 Å². The van der Waals surface area contributed by atoms with Gasteiger partial charge in [0.15, 0.2) is 5.78 Å². The van der Waals surface area contributed by atoms with Gasteiger partial charge in [0.25, 0.3) is 5.91 Å². The van der Waals surface area contributed by atoms with Gasteiger partial charge in [-0.3, -0.25) is 9.59 Å². The molecule has 3 aromatic carbocycles. The van der Waals surface area contributed by atoms with Crippen molar-refractivity contribution in [1.82, 2.24) is 10.0 Å². The van der Waals surface area contributed by atoms with Crippen LogP contribution in [-0.2, 0) is 16.6 Å². The molecule has 0 spiro atoms. The van der Waals surface area contributed by atoms with Gasteiger partial charge in [-0.15, -0.1) is 0 Å². The van der Waals surface area contributed by atoms with E-state index in [4.69, 9.17) is 16.3 Å². The minimum Gasteiger partial charge on any atom is -0.492 e. The van der Waals surface area contributed by atoms with Gasteiger partial charge in [-0.05, 0) is 61.0 Å². The third-order valence-corrected chi connectivity index (χ3v) is 6.39. The van der Waals surface area contributed by atoms with E-state index < -0.39 is 10.0 Å². The highest BCUT2D eigenvalue weighted by molar-refractivity contribution is 7.89. The van der Waals surface area contributed by atoms with Crippen molar-refractivity contribution in [2.75, 3.05) is 13.2 Å². The Hall–Kier alpha value is -3.20. The predicted octanol–water partition coefficient (Wildman–Crippen LogP) is 3.83. The molecule has 0 aromatic heterocycles. The first-order chi connectivity index (χ1) is 15.7. The van der Waals surface area contributed by atoms with Crippen molar-refractivity contribution in [3.8, 4) is 5.75 Å². The molecular formula is C24H23ClN2O5S. The topological polar surface area (TPSA) is 102 Å². The summed E-state index contributed by atoms with van der Waals surface area (Å²) >= 11 is 5.82. The molecule has 2 N–H and O–H groups in total. The zero-order valence-electron chi connectivity index (χ0n) is 17.9. The fourth-order valence-corrected chi connectivity index (χ4v) is 4.01. The summed E-state index contributed by atoms with van der Waals surface area (Å²) in [6, 6.07) is 19.3. The largest absolute Gasteiger partial charge is 0.492 e. The lowest BCUT2D eigenvalue weighted by Crippen LogP contribution is -2.28. The SMILES string of the molecule is CC(=O)c1ccc(S(=O)(=O)NCc2ccc(C(=O)NCCOc3ccc(Cl)cc3)cc2)cc1. The van der Waals surface area contributed by atoms with Gasteiger partial charge in [-0.1, -0.05) is 35.9 Å². The molecule has 3 rings (SSSR count). The van der Waals surface area contributed by atoms with Gasteiger partial charge in [0.1, 0.15) is 12.4 Å². The number of hydrogen-bond donors (Lipinski definition) is 2. The van der Waals surface area contributed by atoms with Gasteiger partial charge in [0.05, 0.1) is 11.4 Å². The first kappa shape index (κ1) is 24.4. The normalized spacial score (nSPS) is 11.1. The molecule has 1 amide bonds. The molecule has 0 bridgehead atoms. The summed E-state index contributed by atoms with van der Waals surface area (Å²) < 4.78 is 32.9. The minimum absolute atomic E-state index is 0.0631. The minimum atomic E-state index is -3.73. The fraction of sp³-hybridized carbons (Fsp3) is 0.167. The molecule has 0 radical (unpaired) electrons. The summed E-state index contributed by atoms with van der Waals surface area (Å²) in [4.78, 5) is 23.7. The summed E-state index contributed by atoms with van der Waals surface area (Å²) in [6.45, 7) is 2.11. The number of rotatable bonds is 10. The third-order valence-electron chi connectivity index (χ3n) is 4.72. The Morgan fingerprint density at radius 1 is 0.879 bits per heavy atom. The second-order valence-corrected chi connectivity index (χ2v) is 9.36. The zero-order valence-corrected chi connectivity index (χ0v) is 19.4. The average Bonchev–Trinajstić information content (AvgIpc) is 2.82. The van der Waals surface area contributed by atoms with Crippen LogP contribution in [0.2, 0.25) is 5.02 Å². The van der Waals surface area contributed by atoms with Crippen molar-refractivity contribution < 1.29 is 22.7 Å². The van der Waals surface area contributed by atoms with Crippen LogP contribution in [0.25, 0.3) is 0 Å². The Morgan fingerprint density at radius 2 is 1.48 bits per heavy atom. The molecule has 172 valence electrons. The lowest BCUT2D eigenvalue weighted by Gasteiger charge is -2.09. The van der Waals surface area contributed by atoms with Crippen molar-refractivity contribution in [2.24, 2.45) is 0 Å². The maximum atomic E-state index is 12.4. The van der Waals surface area contributed by atoms with Gasteiger partial charge in [0.2, 0.25) is 10.0 Å². The van der Waals surface area contributed by atoms with Gasteiger partial charge < -0.3 is 10.1 Å². The monoisotopic (exact) mass is 486 g/mol. The van der Waals surface area contributed by atoms with E-state index in [-0.39, 0.29) is 23.1 Å². The van der Waals surface area contributed by atoms with Crippen LogP contribution in [0.5, 0.6) is 5.75 Å². The Kier molecular flexibility index (Phi) is 8.21. The fourth-order valence-electron chi connectivity index (χ4n) is 2.87. The van der Waals surface area contributed by atoms with Crippen molar-refractivity contribution in [3.63, 3.8) is 0 Å². The standard InChI is InChI=1S/C24H23ClN2O5S/c1-17(28)19-6-12-23(13-7-19)33(30,31)27-16-18-2-4-20(5-3-18)24(29)26-14-15-32-22-10-8-21(25)9-11-22/h2-13,27H,14-16H2,1H3,(H,26,29). The Bertz CT molecular complexity index is 1210. The number of halogens is 1. The van der Waals surface area contributed by atoms with Crippen molar-refractivity contribution in [3.05, 3.63) is 94.5 Å². The number of carbonyl (C=O) groups is 2. The van der Waals surface area contributed by atoms with E-state index in [1.54, 1.807) is 48.5 Å². The van der Waals surface area contributed by atoms with Gasteiger partial charge >= 0.3 is 0 Å². The summed E-state index contributed by atoms with van der Waals surface area (Å²) in [5.41, 5.74) is 1.59. The molecule has 0 aliphatic carbocycles. The summed E-state index contributed by atoms with van der Waals surface area (Å²) in [6.07, 6.45) is 0. The molecule has 33 heavy (non-hydrogen) atoms. The number of nitrogens with one attached hydrogen (secondary N) is 2. The van der Waals surface area contributed by atoms with Crippen molar-refractivity contribution in [1.29, 1.82) is 0 Å². The molecule has 0 unspecified atom stereocenters. The molecule has 0 saturated carbocycles. The zero-order chi connectivity index (χ0) is 23.8.